The molecule has 0 aliphatic carbocycles. The minimum Gasteiger partial charge on any atom is -0.493 e. The minimum atomic E-state index is -5.72. The number of imide groups is 1. The number of nitrogens with two attached hydrogens (primary N) is 1. The molecule has 43 heavy (non-hydrogen) atoms. The molecule has 0 radical (unpaired) electrons. The van der Waals surface area contributed by atoms with Gasteiger partial charge in [0.15, 0.2) is 0 Å². The lowest BCUT2D eigenvalue weighted by Crippen LogP contribution is -2.53. The predicted octanol–water partition coefficient (Wildman–Crippen LogP) is 6.77. The number of benzene rings is 2. The van der Waals surface area contributed by atoms with Crippen molar-refractivity contribution in [3.05, 3.63) is 63.7 Å². The number of unbranched alkanes of at least 4 members (excludes halogenated alkanes) is 1. The molecule has 12 heteroatoms. The van der Waals surface area contributed by atoms with Crippen LogP contribution in [0.5, 0.6) is 5.75 Å². The molecule has 2 aromatic rings. The summed E-state index contributed by atoms with van der Waals surface area (Å²) in [5.41, 5.74) is 1.43. The first kappa shape index (κ1) is 34.4. The van der Waals surface area contributed by atoms with Gasteiger partial charge in [-0.1, -0.05) is 56.5 Å². The minimum absolute atomic E-state index is 0.0473. The number of carbonyl (C=O) groups is 2. The van der Waals surface area contributed by atoms with Gasteiger partial charge >= 0.3 is 12.4 Å². The van der Waals surface area contributed by atoms with Crippen LogP contribution in [-0.2, 0) is 44.9 Å². The monoisotopic (exact) mass is 616 g/mol. The molecule has 1 heterocycles. The molecule has 1 aliphatic rings. The van der Waals surface area contributed by atoms with Gasteiger partial charge in [-0.2, -0.15) is 26.3 Å². The summed E-state index contributed by atoms with van der Waals surface area (Å²) < 4.78 is 94.7. The number of fused-ring (bicyclic) bond motifs is 1. The third kappa shape index (κ3) is 6.69. The third-order valence-corrected chi connectivity index (χ3v) is 7.73. The Bertz CT molecular complexity index is 1280. The maximum atomic E-state index is 14.0. The maximum Gasteiger partial charge on any atom is 0.430 e. The maximum absolute atomic E-state index is 14.0. The quantitative estimate of drug-likeness (QED) is 0.153. The summed E-state index contributed by atoms with van der Waals surface area (Å²) in [6.07, 6.45) is -9.02. The van der Waals surface area contributed by atoms with Crippen LogP contribution in [0.2, 0.25) is 0 Å². The van der Waals surface area contributed by atoms with E-state index in [0.29, 0.717) is 37.7 Å². The summed E-state index contributed by atoms with van der Waals surface area (Å²) in [6, 6.07) is 8.00. The van der Waals surface area contributed by atoms with Gasteiger partial charge in [-0.05, 0) is 62.3 Å². The van der Waals surface area contributed by atoms with Crippen LogP contribution in [0.4, 0.5) is 26.3 Å². The molecule has 1 atom stereocenters. The Morgan fingerprint density at radius 2 is 1.65 bits per heavy atom. The van der Waals surface area contributed by atoms with E-state index in [-0.39, 0.29) is 48.4 Å². The largest absolute Gasteiger partial charge is 0.493 e. The number of carbonyl (C=O) groups excluding carboxylic acids is 2. The van der Waals surface area contributed by atoms with Crippen LogP contribution >= 0.6 is 0 Å². The molecule has 2 N–H and O–H groups in total. The zero-order valence-corrected chi connectivity index (χ0v) is 24.8. The Kier molecular flexibility index (Phi) is 10.6. The first-order valence-electron chi connectivity index (χ1n) is 14.3. The van der Waals surface area contributed by atoms with Crippen molar-refractivity contribution in [3.8, 4) is 5.75 Å². The zero-order chi connectivity index (χ0) is 32.2. The van der Waals surface area contributed by atoms with Crippen LogP contribution in [0.25, 0.3) is 0 Å². The van der Waals surface area contributed by atoms with E-state index in [1.165, 1.54) is 6.92 Å². The number of hydrogen-bond acceptors (Lipinski definition) is 5. The molecular formula is C31H38F6N2O4. The fourth-order valence-electron chi connectivity index (χ4n) is 5.42. The fraction of sp³-hybridized carbons (Fsp3) is 0.548. The van der Waals surface area contributed by atoms with Gasteiger partial charge in [0, 0.05) is 17.7 Å². The fourth-order valence-corrected chi connectivity index (χ4v) is 5.42. The molecule has 1 aliphatic heterocycles. The van der Waals surface area contributed by atoms with Crippen LogP contribution in [0, 0.1) is 6.92 Å². The summed E-state index contributed by atoms with van der Waals surface area (Å²) in [7, 11) is 0. The van der Waals surface area contributed by atoms with Crippen LogP contribution in [0.1, 0.15) is 79.8 Å². The number of rotatable bonds is 13. The molecule has 238 valence electrons. The van der Waals surface area contributed by atoms with Crippen molar-refractivity contribution in [2.45, 2.75) is 96.3 Å². The molecule has 0 spiro atoms. The normalized spacial score (nSPS) is 16.0. The van der Waals surface area contributed by atoms with Gasteiger partial charge in [-0.15, -0.1) is 0 Å². The average Bonchev–Trinajstić information content (AvgIpc) is 3.33. The highest BCUT2D eigenvalue weighted by Gasteiger charge is 2.75. The summed E-state index contributed by atoms with van der Waals surface area (Å²) in [6.45, 7) is 6.22. The van der Waals surface area contributed by atoms with Gasteiger partial charge in [0.2, 0.25) is 6.41 Å². The van der Waals surface area contributed by atoms with Crippen molar-refractivity contribution in [2.75, 3.05) is 13.2 Å². The van der Waals surface area contributed by atoms with Gasteiger partial charge in [-0.3, -0.25) is 14.5 Å². The lowest BCUT2D eigenvalue weighted by atomic mass is 9.84. The molecule has 3 rings (SSSR count). The summed E-state index contributed by atoms with van der Waals surface area (Å²) in [5, 5.41) is 0. The van der Waals surface area contributed by atoms with Crippen molar-refractivity contribution in [2.24, 2.45) is 5.73 Å². The van der Waals surface area contributed by atoms with Gasteiger partial charge in [0.25, 0.3) is 11.5 Å². The van der Waals surface area contributed by atoms with Crippen molar-refractivity contribution >= 4 is 12.3 Å². The summed E-state index contributed by atoms with van der Waals surface area (Å²) in [5.74, 6) is -0.317. The number of hydrogen-bond donors (Lipinski definition) is 1. The van der Waals surface area contributed by atoms with E-state index in [1.807, 2.05) is 19.1 Å². The van der Waals surface area contributed by atoms with Crippen LogP contribution < -0.4 is 10.5 Å². The number of alkyl halides is 6. The summed E-state index contributed by atoms with van der Waals surface area (Å²) in [4.78, 5) is 25.8. The Labute approximate surface area is 247 Å². The molecule has 1 unspecified atom stereocenters. The third-order valence-electron chi connectivity index (χ3n) is 7.73. The highest BCUT2D eigenvalue weighted by atomic mass is 19.4. The van der Waals surface area contributed by atoms with E-state index in [0.717, 1.165) is 16.5 Å². The average molecular weight is 617 g/mol. The van der Waals surface area contributed by atoms with Gasteiger partial charge in [0.05, 0.1) is 13.2 Å². The molecule has 2 amide bonds. The highest BCUT2D eigenvalue weighted by molar-refractivity contribution is 5.93. The molecule has 0 fully saturated rings. The van der Waals surface area contributed by atoms with E-state index < -0.39 is 41.6 Å². The van der Waals surface area contributed by atoms with E-state index in [2.05, 4.69) is 4.74 Å². The lowest BCUT2D eigenvalue weighted by molar-refractivity contribution is -0.385. The molecular weight excluding hydrogens is 578 g/mol. The molecule has 6 nitrogen and oxygen atoms in total. The first-order valence-corrected chi connectivity index (χ1v) is 14.3. The number of aryl methyl sites for hydroxylation is 2. The van der Waals surface area contributed by atoms with E-state index >= 15 is 0 Å². The van der Waals surface area contributed by atoms with Gasteiger partial charge < -0.3 is 15.2 Å². The van der Waals surface area contributed by atoms with Crippen molar-refractivity contribution in [3.63, 3.8) is 0 Å². The van der Waals surface area contributed by atoms with Crippen molar-refractivity contribution < 1.29 is 45.4 Å². The number of amides is 2. The highest BCUT2D eigenvalue weighted by Crippen LogP contribution is 2.58. The Balaban J connectivity index is 1.80. The van der Waals surface area contributed by atoms with Gasteiger partial charge in [0.1, 0.15) is 11.3 Å². The SMILES string of the molecule is CCCc1cc2c(c(CCC)c1OCCCCN(C=O)C(=O)C(C)(N)c1ccc(C)cc1)COC2(C(F)(F)F)C(F)(F)F. The molecule has 0 aromatic heterocycles. The summed E-state index contributed by atoms with van der Waals surface area (Å²) >= 11 is 0. The van der Waals surface area contributed by atoms with Crippen molar-refractivity contribution in [1.82, 2.24) is 4.90 Å². The van der Waals surface area contributed by atoms with Gasteiger partial charge in [-0.25, -0.2) is 0 Å². The topological polar surface area (TPSA) is 81.9 Å². The lowest BCUT2D eigenvalue weighted by Gasteiger charge is -2.34. The predicted molar refractivity (Wildman–Crippen MR) is 148 cm³/mol. The zero-order valence-electron chi connectivity index (χ0n) is 24.8. The number of halogens is 6. The second-order valence-electron chi connectivity index (χ2n) is 11.1. The van der Waals surface area contributed by atoms with Crippen molar-refractivity contribution in [1.29, 1.82) is 0 Å². The first-order chi connectivity index (χ1) is 20.1. The van der Waals surface area contributed by atoms with Crippen LogP contribution in [0.15, 0.2) is 30.3 Å². The van der Waals surface area contributed by atoms with E-state index in [1.54, 1.807) is 26.0 Å². The standard InChI is InChI=1S/C31H38F6N2O4/c1-5-9-21-17-25-24(18-43-29(25,30(32,33)34)31(35,36)37)23(10-6-2)26(21)42-16-8-7-15-39(19-40)27(41)28(4,38)22-13-11-20(3)12-14-22/h11-14,17,19H,5-10,15-16,18,38H2,1-4H3. The molecule has 2 aromatic carbocycles. The van der Waals surface area contributed by atoms with Crippen LogP contribution in [0.3, 0.4) is 0 Å². The second-order valence-corrected chi connectivity index (χ2v) is 11.1. The number of ether oxygens (including phenoxy) is 2. The molecule has 0 bridgehead atoms. The Hall–Kier alpha value is -3.12. The second kappa shape index (κ2) is 13.3. The Morgan fingerprint density at radius 1 is 1.05 bits per heavy atom. The molecule has 0 saturated heterocycles. The molecule has 0 saturated carbocycles. The number of nitrogens with zero attached hydrogens (tertiary/aromatic N) is 1. The smallest absolute Gasteiger partial charge is 0.430 e. The van der Waals surface area contributed by atoms with E-state index in [9.17, 15) is 35.9 Å². The van der Waals surface area contributed by atoms with E-state index in [4.69, 9.17) is 10.5 Å². The van der Waals surface area contributed by atoms with Crippen LogP contribution in [-0.4, -0.2) is 42.7 Å². The Morgan fingerprint density at radius 3 is 2.19 bits per heavy atom.